The van der Waals surface area contributed by atoms with E-state index >= 15 is 0 Å². The van der Waals surface area contributed by atoms with Gasteiger partial charge in [-0.3, -0.25) is 0 Å². The standard InChI is InChI=1S/C38H66O14/c1-17(2)25(51-35-32(47)30(45)29(44)26(15-39)52-35)7-6-18(3)20-13-22(40)33-37(20,5)11-9-27-36(4)10-8-19(12-21(36)23(41)14-38(27,33)48)50-34-31(46)28(43)24(42)16-49-34/h17-35,39-48H,6-16H2,1-5H3. The first-order valence-corrected chi connectivity index (χ1v) is 19.7. The number of fused-ring (bicyclic) bond motifs is 5. The molecule has 2 heterocycles. The zero-order valence-electron chi connectivity index (χ0n) is 31.4. The molecule has 4 aliphatic carbocycles. The monoisotopic (exact) mass is 746 g/mol. The molecule has 6 rings (SSSR count). The van der Waals surface area contributed by atoms with Crippen molar-refractivity contribution in [1.82, 2.24) is 0 Å². The van der Waals surface area contributed by atoms with E-state index in [4.69, 9.17) is 18.9 Å². The van der Waals surface area contributed by atoms with Gasteiger partial charge in [0.05, 0.1) is 43.2 Å². The SMILES string of the molecule is CC(C)C(CCC(C)C1CC(O)C2C1(C)CCC1C3(C)CCC(OC4OCC(O)C(O)C4O)CC3C(O)CC12O)OC1OC(CO)C(O)C(O)C1O. The molecule has 0 bridgehead atoms. The second-order valence-corrected chi connectivity index (χ2v) is 18.3. The quantitative estimate of drug-likeness (QED) is 0.130. The van der Waals surface area contributed by atoms with Crippen LogP contribution in [0.2, 0.25) is 0 Å². The summed E-state index contributed by atoms with van der Waals surface area (Å²) >= 11 is 0. The Bertz CT molecular complexity index is 1210. The van der Waals surface area contributed by atoms with Crippen molar-refractivity contribution in [2.75, 3.05) is 13.2 Å². The predicted molar refractivity (Wildman–Crippen MR) is 184 cm³/mol. The molecule has 2 saturated heterocycles. The Morgan fingerprint density at radius 2 is 1.42 bits per heavy atom. The van der Waals surface area contributed by atoms with E-state index in [0.29, 0.717) is 32.1 Å². The van der Waals surface area contributed by atoms with Gasteiger partial charge in [0, 0.05) is 12.3 Å². The Kier molecular flexibility index (Phi) is 12.2. The highest BCUT2D eigenvalue weighted by molar-refractivity contribution is 5.20. The van der Waals surface area contributed by atoms with E-state index in [-0.39, 0.29) is 60.2 Å². The Hall–Kier alpha value is -0.560. The normalized spacial score (nSPS) is 53.5. The molecule has 4 saturated carbocycles. The second-order valence-electron chi connectivity index (χ2n) is 18.3. The number of hydrogen-bond donors (Lipinski definition) is 10. The molecule has 6 aliphatic rings. The van der Waals surface area contributed by atoms with Crippen molar-refractivity contribution in [3.8, 4) is 0 Å². The van der Waals surface area contributed by atoms with Gasteiger partial charge < -0.3 is 70.0 Å². The van der Waals surface area contributed by atoms with Gasteiger partial charge in [-0.15, -0.1) is 0 Å². The highest BCUT2D eigenvalue weighted by atomic mass is 16.7. The lowest BCUT2D eigenvalue weighted by molar-refractivity contribution is -0.314. The number of ether oxygens (including phenoxy) is 4. The highest BCUT2D eigenvalue weighted by Crippen LogP contribution is 2.70. The number of rotatable bonds is 10. The Labute approximate surface area is 307 Å². The molecule has 21 atom stereocenters. The molecular formula is C38H66O14. The zero-order valence-corrected chi connectivity index (χ0v) is 31.4. The molecule has 0 amide bonds. The van der Waals surface area contributed by atoms with E-state index in [1.807, 2.05) is 13.8 Å². The first-order valence-electron chi connectivity index (χ1n) is 19.7. The summed E-state index contributed by atoms with van der Waals surface area (Å²) in [7, 11) is 0. The fourth-order valence-corrected chi connectivity index (χ4v) is 12.1. The van der Waals surface area contributed by atoms with Crippen LogP contribution >= 0.6 is 0 Å². The minimum absolute atomic E-state index is 0.0332. The van der Waals surface area contributed by atoms with Gasteiger partial charge in [0.25, 0.3) is 0 Å². The van der Waals surface area contributed by atoms with E-state index < -0.39 is 91.1 Å². The van der Waals surface area contributed by atoms with E-state index in [1.165, 1.54) is 0 Å². The Balaban J connectivity index is 1.12. The molecule has 0 spiro atoms. The summed E-state index contributed by atoms with van der Waals surface area (Å²) in [5.41, 5.74) is -2.06. The average molecular weight is 747 g/mol. The molecule has 10 N–H and O–H groups in total. The fraction of sp³-hybridized carbons (Fsp3) is 1.00. The van der Waals surface area contributed by atoms with Crippen molar-refractivity contribution in [3.63, 3.8) is 0 Å². The molecule has 0 aromatic rings. The summed E-state index contributed by atoms with van der Waals surface area (Å²) in [4.78, 5) is 0. The summed E-state index contributed by atoms with van der Waals surface area (Å²) < 4.78 is 23.4. The molecule has 21 unspecified atom stereocenters. The maximum Gasteiger partial charge on any atom is 0.186 e. The molecule has 302 valence electrons. The molecule has 0 radical (unpaired) electrons. The summed E-state index contributed by atoms with van der Waals surface area (Å²) in [5.74, 6) is -0.460. The first-order chi connectivity index (χ1) is 24.4. The number of aliphatic hydroxyl groups excluding tert-OH is 9. The second kappa shape index (κ2) is 15.4. The van der Waals surface area contributed by atoms with Crippen LogP contribution in [0.1, 0.15) is 92.4 Å². The largest absolute Gasteiger partial charge is 0.394 e. The van der Waals surface area contributed by atoms with Crippen LogP contribution in [0, 0.1) is 46.3 Å². The van der Waals surface area contributed by atoms with Crippen LogP contribution in [0.3, 0.4) is 0 Å². The third kappa shape index (κ3) is 7.03. The number of hydrogen-bond acceptors (Lipinski definition) is 14. The van der Waals surface area contributed by atoms with Gasteiger partial charge in [-0.2, -0.15) is 0 Å². The third-order valence-corrected chi connectivity index (χ3v) is 15.0. The van der Waals surface area contributed by atoms with Crippen LogP contribution in [0.5, 0.6) is 0 Å². The Morgan fingerprint density at radius 1 is 0.750 bits per heavy atom. The lowest BCUT2D eigenvalue weighted by atomic mass is 9.42. The van der Waals surface area contributed by atoms with E-state index in [2.05, 4.69) is 20.8 Å². The van der Waals surface area contributed by atoms with Crippen LogP contribution in [0.15, 0.2) is 0 Å². The van der Waals surface area contributed by atoms with Crippen molar-refractivity contribution in [2.24, 2.45) is 46.3 Å². The summed E-state index contributed by atoms with van der Waals surface area (Å²) in [6.45, 7) is 9.84. The van der Waals surface area contributed by atoms with Gasteiger partial charge in [0.15, 0.2) is 12.6 Å². The maximum absolute atomic E-state index is 12.8. The summed E-state index contributed by atoms with van der Waals surface area (Å²) in [6, 6.07) is 0. The average Bonchev–Trinajstić information content (AvgIpc) is 3.37. The highest BCUT2D eigenvalue weighted by Gasteiger charge is 2.71. The number of aliphatic hydroxyl groups is 10. The van der Waals surface area contributed by atoms with Gasteiger partial charge in [-0.25, -0.2) is 0 Å². The van der Waals surface area contributed by atoms with E-state index in [1.54, 1.807) is 0 Å². The molecule has 52 heavy (non-hydrogen) atoms. The van der Waals surface area contributed by atoms with Crippen LogP contribution in [0.4, 0.5) is 0 Å². The molecular weight excluding hydrogens is 680 g/mol. The smallest absolute Gasteiger partial charge is 0.186 e. The minimum Gasteiger partial charge on any atom is -0.394 e. The van der Waals surface area contributed by atoms with Gasteiger partial charge in [-0.05, 0) is 91.8 Å². The molecule has 0 aromatic carbocycles. The molecule has 0 aromatic heterocycles. The van der Waals surface area contributed by atoms with Gasteiger partial charge >= 0.3 is 0 Å². The van der Waals surface area contributed by atoms with Crippen molar-refractivity contribution < 1.29 is 70.0 Å². The van der Waals surface area contributed by atoms with Crippen LogP contribution in [-0.4, -0.2) is 150 Å². The van der Waals surface area contributed by atoms with Gasteiger partial charge in [0.2, 0.25) is 0 Å². The van der Waals surface area contributed by atoms with E-state index in [9.17, 15) is 51.1 Å². The predicted octanol–water partition coefficient (Wildman–Crippen LogP) is -0.217. The van der Waals surface area contributed by atoms with Crippen LogP contribution in [-0.2, 0) is 18.9 Å². The van der Waals surface area contributed by atoms with Gasteiger partial charge in [-0.1, -0.05) is 34.6 Å². The Morgan fingerprint density at radius 3 is 2.10 bits per heavy atom. The summed E-state index contributed by atoms with van der Waals surface area (Å²) in [6.07, 6.45) is -8.61. The molecule has 14 heteroatoms. The maximum atomic E-state index is 12.8. The van der Waals surface area contributed by atoms with Crippen molar-refractivity contribution in [3.05, 3.63) is 0 Å². The van der Waals surface area contributed by atoms with Crippen molar-refractivity contribution in [2.45, 2.75) is 178 Å². The molecule has 2 aliphatic heterocycles. The first kappa shape index (κ1) is 41.1. The molecule has 14 nitrogen and oxygen atoms in total. The van der Waals surface area contributed by atoms with E-state index in [0.717, 1.165) is 19.3 Å². The lowest BCUT2D eigenvalue weighted by Gasteiger charge is -2.66. The molecule has 6 fully saturated rings. The lowest BCUT2D eigenvalue weighted by Crippen LogP contribution is -2.68. The van der Waals surface area contributed by atoms with Gasteiger partial charge in [0.1, 0.15) is 42.7 Å². The third-order valence-electron chi connectivity index (χ3n) is 15.0. The minimum atomic E-state index is -1.52. The fourth-order valence-electron chi connectivity index (χ4n) is 12.1. The van der Waals surface area contributed by atoms with Crippen molar-refractivity contribution in [1.29, 1.82) is 0 Å². The van der Waals surface area contributed by atoms with Crippen LogP contribution < -0.4 is 0 Å². The topological polar surface area (TPSA) is 239 Å². The van der Waals surface area contributed by atoms with Crippen molar-refractivity contribution >= 4 is 0 Å². The zero-order chi connectivity index (χ0) is 38.1. The summed E-state index contributed by atoms with van der Waals surface area (Å²) in [5, 5.41) is 107. The van der Waals surface area contributed by atoms with Crippen LogP contribution in [0.25, 0.3) is 0 Å².